The van der Waals surface area contributed by atoms with E-state index in [0.29, 0.717) is 12.2 Å². The molecule has 2 saturated heterocycles. The van der Waals surface area contributed by atoms with Crippen LogP contribution in [0.3, 0.4) is 0 Å². The van der Waals surface area contributed by atoms with Crippen LogP contribution in [0.5, 0.6) is 0 Å². The summed E-state index contributed by atoms with van der Waals surface area (Å²) in [6.45, 7) is 0.692. The van der Waals surface area contributed by atoms with Crippen LogP contribution >= 0.6 is 23.4 Å². The lowest BCUT2D eigenvalue weighted by Crippen LogP contribution is -2.41. The summed E-state index contributed by atoms with van der Waals surface area (Å²) in [7, 11) is 0. The summed E-state index contributed by atoms with van der Waals surface area (Å²) >= 11 is 7.72. The number of hydrogen-bond donors (Lipinski definition) is 1. The van der Waals surface area contributed by atoms with Gasteiger partial charge in [0.05, 0.1) is 16.7 Å². The molecule has 1 aromatic rings. The van der Waals surface area contributed by atoms with Gasteiger partial charge in [-0.15, -0.1) is 0 Å². The van der Waals surface area contributed by atoms with Gasteiger partial charge in [-0.05, 0) is 48.6 Å². The van der Waals surface area contributed by atoms with E-state index in [1.54, 1.807) is 6.07 Å². The molecular formula is C15H18ClFO2S. The lowest BCUT2D eigenvalue weighted by atomic mass is 9.80. The van der Waals surface area contributed by atoms with Gasteiger partial charge < -0.3 is 9.84 Å². The normalized spacial score (nSPS) is 31.6. The fourth-order valence-electron chi connectivity index (χ4n) is 3.17. The second-order valence-electron chi connectivity index (χ2n) is 5.71. The van der Waals surface area contributed by atoms with E-state index in [1.165, 1.54) is 12.1 Å². The summed E-state index contributed by atoms with van der Waals surface area (Å²) in [5, 5.41) is 10.6. The first-order valence-electron chi connectivity index (χ1n) is 6.94. The molecule has 2 fully saturated rings. The molecule has 2 heterocycles. The Hall–Kier alpha value is -0.290. The Morgan fingerprint density at radius 2 is 2.35 bits per heavy atom. The summed E-state index contributed by atoms with van der Waals surface area (Å²) in [5.74, 6) is 1.85. The van der Waals surface area contributed by atoms with E-state index in [-0.39, 0.29) is 16.5 Å². The van der Waals surface area contributed by atoms with E-state index in [9.17, 15) is 9.50 Å². The number of halogens is 2. The lowest BCUT2D eigenvalue weighted by molar-refractivity contribution is -0.102. The highest BCUT2D eigenvalue weighted by atomic mass is 35.5. The van der Waals surface area contributed by atoms with Gasteiger partial charge in [-0.25, -0.2) is 4.39 Å². The average Bonchev–Trinajstić information content (AvgIpc) is 2.89. The Morgan fingerprint density at radius 3 is 3.05 bits per heavy atom. The predicted octanol–water partition coefficient (Wildman–Crippen LogP) is 3.81. The predicted molar refractivity (Wildman–Crippen MR) is 79.7 cm³/mol. The molecule has 0 aromatic heterocycles. The molecule has 1 spiro atoms. The molecule has 1 aromatic carbocycles. The number of ether oxygens (including phenoxy) is 1. The van der Waals surface area contributed by atoms with Gasteiger partial charge in [-0.2, -0.15) is 11.8 Å². The molecular weight excluding hydrogens is 299 g/mol. The van der Waals surface area contributed by atoms with E-state index >= 15 is 0 Å². The van der Waals surface area contributed by atoms with Crippen molar-refractivity contribution in [1.29, 1.82) is 0 Å². The molecule has 3 atom stereocenters. The minimum atomic E-state index is -0.598. The maximum absolute atomic E-state index is 13.2. The standard InChI is InChI=1S/C15H18ClFO2S/c16-12-7-10(1-2-13(12)17)14(18)11-3-5-19-15(8-11)4-6-20-9-15/h1-2,7,11,14,18H,3-6,8-9H2. The largest absolute Gasteiger partial charge is 0.388 e. The minimum Gasteiger partial charge on any atom is -0.388 e. The third kappa shape index (κ3) is 2.84. The van der Waals surface area contributed by atoms with Crippen LogP contribution in [0.2, 0.25) is 5.02 Å². The van der Waals surface area contributed by atoms with Crippen molar-refractivity contribution < 1.29 is 14.2 Å². The third-order valence-electron chi connectivity index (χ3n) is 4.33. The second kappa shape index (κ2) is 5.84. The zero-order valence-corrected chi connectivity index (χ0v) is 12.7. The van der Waals surface area contributed by atoms with Crippen molar-refractivity contribution in [2.45, 2.75) is 31.0 Å². The Labute approximate surface area is 127 Å². The number of benzene rings is 1. The van der Waals surface area contributed by atoms with Gasteiger partial charge in [0.1, 0.15) is 5.82 Å². The maximum Gasteiger partial charge on any atom is 0.141 e. The highest BCUT2D eigenvalue weighted by molar-refractivity contribution is 7.99. The molecule has 0 bridgehead atoms. The van der Waals surface area contributed by atoms with Crippen molar-refractivity contribution in [3.63, 3.8) is 0 Å². The molecule has 3 unspecified atom stereocenters. The summed E-state index contributed by atoms with van der Waals surface area (Å²) in [6, 6.07) is 4.48. The first kappa shape index (κ1) is 14.6. The minimum absolute atomic E-state index is 0.0572. The average molecular weight is 317 g/mol. The molecule has 0 radical (unpaired) electrons. The summed E-state index contributed by atoms with van der Waals surface area (Å²) in [6.07, 6.45) is 2.17. The molecule has 20 heavy (non-hydrogen) atoms. The fraction of sp³-hybridized carbons (Fsp3) is 0.600. The third-order valence-corrected chi connectivity index (χ3v) is 5.84. The van der Waals surface area contributed by atoms with Crippen molar-refractivity contribution in [3.8, 4) is 0 Å². The van der Waals surface area contributed by atoms with Gasteiger partial charge in [0.15, 0.2) is 0 Å². The fourth-order valence-corrected chi connectivity index (χ4v) is 4.73. The van der Waals surface area contributed by atoms with Crippen molar-refractivity contribution in [2.24, 2.45) is 5.92 Å². The van der Waals surface area contributed by atoms with Gasteiger partial charge in [0.25, 0.3) is 0 Å². The van der Waals surface area contributed by atoms with E-state index < -0.39 is 11.9 Å². The van der Waals surface area contributed by atoms with Crippen LogP contribution in [0.15, 0.2) is 18.2 Å². The van der Waals surface area contributed by atoms with Gasteiger partial charge in [0, 0.05) is 12.4 Å². The Bertz CT molecular complexity index is 491. The Kier molecular flexibility index (Phi) is 4.27. The summed E-state index contributed by atoms with van der Waals surface area (Å²) in [5.41, 5.74) is 0.641. The van der Waals surface area contributed by atoms with Gasteiger partial charge in [-0.1, -0.05) is 17.7 Å². The molecule has 0 aliphatic carbocycles. The Morgan fingerprint density at radius 1 is 1.50 bits per heavy atom. The highest BCUT2D eigenvalue weighted by Gasteiger charge is 2.42. The molecule has 1 N–H and O–H groups in total. The van der Waals surface area contributed by atoms with Crippen LogP contribution in [0.25, 0.3) is 0 Å². The van der Waals surface area contributed by atoms with Crippen molar-refractivity contribution in [1.82, 2.24) is 0 Å². The molecule has 110 valence electrons. The van der Waals surface area contributed by atoms with E-state index in [1.807, 2.05) is 11.8 Å². The second-order valence-corrected chi connectivity index (χ2v) is 7.22. The molecule has 3 rings (SSSR count). The van der Waals surface area contributed by atoms with Crippen molar-refractivity contribution in [2.75, 3.05) is 18.1 Å². The molecule has 2 aliphatic rings. The van der Waals surface area contributed by atoms with E-state index in [0.717, 1.165) is 30.8 Å². The maximum atomic E-state index is 13.2. The molecule has 5 heteroatoms. The van der Waals surface area contributed by atoms with Crippen molar-refractivity contribution >= 4 is 23.4 Å². The van der Waals surface area contributed by atoms with Crippen LogP contribution in [0.4, 0.5) is 4.39 Å². The topological polar surface area (TPSA) is 29.5 Å². The van der Waals surface area contributed by atoms with Crippen LogP contribution in [-0.2, 0) is 4.74 Å². The highest BCUT2D eigenvalue weighted by Crippen LogP contribution is 2.44. The SMILES string of the molecule is OC(c1ccc(F)c(Cl)c1)C1CCOC2(CCSC2)C1. The van der Waals surface area contributed by atoms with Gasteiger partial charge >= 0.3 is 0 Å². The Balaban J connectivity index is 1.75. The molecule has 0 amide bonds. The van der Waals surface area contributed by atoms with Crippen LogP contribution in [0, 0.1) is 11.7 Å². The molecule has 2 aliphatic heterocycles. The molecule has 2 nitrogen and oxygen atoms in total. The van der Waals surface area contributed by atoms with E-state index in [4.69, 9.17) is 16.3 Å². The number of hydrogen-bond acceptors (Lipinski definition) is 3. The first-order valence-corrected chi connectivity index (χ1v) is 8.48. The molecule has 0 saturated carbocycles. The zero-order valence-electron chi connectivity index (χ0n) is 11.1. The summed E-state index contributed by atoms with van der Waals surface area (Å²) < 4.78 is 19.2. The number of thioether (sulfide) groups is 1. The van der Waals surface area contributed by atoms with Crippen LogP contribution < -0.4 is 0 Å². The van der Waals surface area contributed by atoms with Crippen LogP contribution in [0.1, 0.15) is 30.9 Å². The van der Waals surface area contributed by atoms with Crippen LogP contribution in [-0.4, -0.2) is 28.8 Å². The first-order chi connectivity index (χ1) is 9.60. The van der Waals surface area contributed by atoms with E-state index in [2.05, 4.69) is 0 Å². The number of rotatable bonds is 2. The number of aliphatic hydroxyl groups excluding tert-OH is 1. The quantitative estimate of drug-likeness (QED) is 0.899. The van der Waals surface area contributed by atoms with Crippen molar-refractivity contribution in [3.05, 3.63) is 34.6 Å². The van der Waals surface area contributed by atoms with Gasteiger partial charge in [0.2, 0.25) is 0 Å². The summed E-state index contributed by atoms with van der Waals surface area (Å²) in [4.78, 5) is 0. The van der Waals surface area contributed by atoms with Gasteiger partial charge in [-0.3, -0.25) is 0 Å². The monoisotopic (exact) mass is 316 g/mol. The zero-order chi connectivity index (χ0) is 14.2. The lowest BCUT2D eigenvalue weighted by Gasteiger charge is -2.39. The smallest absolute Gasteiger partial charge is 0.141 e. The number of aliphatic hydroxyl groups is 1.